The second-order valence-electron chi connectivity index (χ2n) is 9.16. The highest BCUT2D eigenvalue weighted by molar-refractivity contribution is 4.82. The van der Waals surface area contributed by atoms with Crippen LogP contribution >= 0.6 is 0 Å². The second-order valence-corrected chi connectivity index (χ2v) is 9.16. The molecule has 3 fully saturated rings. The van der Waals surface area contributed by atoms with Gasteiger partial charge in [0, 0.05) is 2.85 Å². The highest BCUT2D eigenvalue weighted by Crippen LogP contribution is 2.43. The fraction of sp³-hybridized carbons (Fsp3) is 1.00. The maximum absolute atomic E-state index is 2.46. The third kappa shape index (κ3) is 4.98. The molecule has 0 amide bonds. The van der Waals surface area contributed by atoms with Gasteiger partial charge in [-0.15, -0.1) is 0 Å². The van der Waals surface area contributed by atoms with Gasteiger partial charge in [0.05, 0.1) is 0 Å². The first-order valence-corrected chi connectivity index (χ1v) is 10.2. The highest BCUT2D eigenvalue weighted by Gasteiger charge is 2.31. The molecule has 0 bridgehead atoms. The fourth-order valence-electron chi connectivity index (χ4n) is 5.69. The summed E-state index contributed by atoms with van der Waals surface area (Å²) in [6.45, 7) is 4.91. The van der Waals surface area contributed by atoms with E-state index in [1.807, 2.05) is 0 Å². The molecule has 1 nitrogen and oxygen atoms in total. The molecule has 0 unspecified atom stereocenters. The summed E-state index contributed by atoms with van der Waals surface area (Å²) in [6.07, 6.45) is 20.1. The predicted molar refractivity (Wildman–Crippen MR) is 100 cm³/mol. The smallest absolute Gasteiger partial charge is 0 e. The summed E-state index contributed by atoms with van der Waals surface area (Å²) in [4.78, 5) is 0. The van der Waals surface area contributed by atoms with E-state index >= 15 is 0 Å². The van der Waals surface area contributed by atoms with Gasteiger partial charge in [0.15, 0.2) is 0 Å². The maximum Gasteiger partial charge on any atom is 0 e. The van der Waals surface area contributed by atoms with Crippen LogP contribution in [0.15, 0.2) is 0 Å². The second kappa shape index (κ2) is 8.71. The zero-order chi connectivity index (χ0) is 14.7. The molecular weight excluding hydrogens is 268 g/mol. The predicted octanol–water partition coefficient (Wildman–Crippen LogP) is 6.50. The third-order valence-corrected chi connectivity index (χ3v) is 7.42. The van der Waals surface area contributed by atoms with Crippen molar-refractivity contribution < 1.29 is 8.33 Å². The van der Waals surface area contributed by atoms with Crippen molar-refractivity contribution in [1.82, 2.24) is 0 Å². The molecule has 22 heavy (non-hydrogen) atoms. The number of hydrogen-bond donors (Lipinski definition) is 0. The Labute approximate surface area is 141 Å². The molecule has 0 aromatic carbocycles. The van der Waals surface area contributed by atoms with Crippen molar-refractivity contribution in [3.05, 3.63) is 0 Å². The number of rotatable bonds is 3. The Morgan fingerprint density at radius 2 is 0.864 bits per heavy atom. The van der Waals surface area contributed by atoms with E-state index in [0.717, 1.165) is 35.5 Å². The van der Waals surface area contributed by atoms with E-state index in [0.29, 0.717) is 0 Å². The van der Waals surface area contributed by atoms with Crippen molar-refractivity contribution >= 4 is 0 Å². The van der Waals surface area contributed by atoms with Crippen LogP contribution in [0.25, 0.3) is 0 Å². The summed E-state index contributed by atoms with van der Waals surface area (Å²) in [5.74, 6) is 6.45. The molecule has 0 radical (unpaired) electrons. The lowest BCUT2D eigenvalue weighted by Gasteiger charge is -2.38. The van der Waals surface area contributed by atoms with E-state index in [1.54, 1.807) is 57.8 Å². The summed E-state index contributed by atoms with van der Waals surface area (Å²) in [5, 5.41) is 0. The fourth-order valence-corrected chi connectivity index (χ4v) is 5.69. The standard InChI is InChI=1S/C21H38.H2O.2H2/c1-16-3-7-18(8-4-16)15-19-9-13-21(14-10-19)20-11-5-17(2)6-12-20;;;/h16-21H,3-15H2,1-2H3;1H2;2*1H. The van der Waals surface area contributed by atoms with Gasteiger partial charge in [-0.25, -0.2) is 0 Å². The van der Waals surface area contributed by atoms with Crippen LogP contribution in [0.1, 0.15) is 100 Å². The Kier molecular flexibility index (Phi) is 7.25. The lowest BCUT2D eigenvalue weighted by molar-refractivity contribution is 0.133. The van der Waals surface area contributed by atoms with Crippen LogP contribution in [0.2, 0.25) is 0 Å². The van der Waals surface area contributed by atoms with Crippen LogP contribution in [-0.2, 0) is 0 Å². The Morgan fingerprint density at radius 1 is 0.545 bits per heavy atom. The van der Waals surface area contributed by atoms with Crippen LogP contribution in [0.3, 0.4) is 0 Å². The minimum atomic E-state index is 0. The first kappa shape index (κ1) is 18.3. The highest BCUT2D eigenvalue weighted by atomic mass is 16.0. The van der Waals surface area contributed by atoms with Gasteiger partial charge < -0.3 is 5.48 Å². The SMILES string of the molecule is CC1CCC(CC2CCC(C3CCC(C)CC3)CC2)CC1.O.[HH].[HH]. The van der Waals surface area contributed by atoms with Gasteiger partial charge in [0.1, 0.15) is 0 Å². The molecule has 0 saturated heterocycles. The summed E-state index contributed by atoms with van der Waals surface area (Å²) in [6, 6.07) is 0. The van der Waals surface area contributed by atoms with Crippen LogP contribution in [0.4, 0.5) is 0 Å². The van der Waals surface area contributed by atoms with Crippen molar-refractivity contribution in [1.29, 1.82) is 0 Å². The lowest BCUT2D eigenvalue weighted by Crippen LogP contribution is -2.26. The van der Waals surface area contributed by atoms with E-state index in [2.05, 4.69) is 13.8 Å². The minimum Gasteiger partial charge on any atom is -0.412 e. The first-order valence-electron chi connectivity index (χ1n) is 10.2. The van der Waals surface area contributed by atoms with E-state index in [1.165, 1.54) is 25.7 Å². The molecule has 0 aliphatic heterocycles. The monoisotopic (exact) mass is 312 g/mol. The molecule has 0 aromatic rings. The zero-order valence-electron chi connectivity index (χ0n) is 15.2. The topological polar surface area (TPSA) is 31.5 Å². The van der Waals surface area contributed by atoms with E-state index in [4.69, 9.17) is 0 Å². The van der Waals surface area contributed by atoms with Gasteiger partial charge >= 0.3 is 0 Å². The van der Waals surface area contributed by atoms with Gasteiger partial charge in [-0.2, -0.15) is 0 Å². The van der Waals surface area contributed by atoms with Crippen molar-refractivity contribution in [2.75, 3.05) is 0 Å². The van der Waals surface area contributed by atoms with E-state index in [9.17, 15) is 0 Å². The average Bonchev–Trinajstić information content (AvgIpc) is 2.51. The van der Waals surface area contributed by atoms with Crippen LogP contribution in [-0.4, -0.2) is 5.48 Å². The van der Waals surface area contributed by atoms with Crippen molar-refractivity contribution in [2.45, 2.75) is 97.3 Å². The van der Waals surface area contributed by atoms with Crippen LogP contribution < -0.4 is 0 Å². The molecule has 2 N–H and O–H groups in total. The third-order valence-electron chi connectivity index (χ3n) is 7.42. The molecule has 3 rings (SSSR count). The molecular formula is C21H44O. The van der Waals surface area contributed by atoms with Crippen LogP contribution in [0.5, 0.6) is 0 Å². The molecule has 0 aromatic heterocycles. The molecule has 0 spiro atoms. The van der Waals surface area contributed by atoms with E-state index in [-0.39, 0.29) is 8.33 Å². The quantitative estimate of drug-likeness (QED) is 0.569. The molecule has 0 atom stereocenters. The molecule has 3 aliphatic rings. The lowest BCUT2D eigenvalue weighted by atomic mass is 9.67. The number of hydrogen-bond acceptors (Lipinski definition) is 0. The van der Waals surface area contributed by atoms with Gasteiger partial charge in [0.2, 0.25) is 0 Å². The van der Waals surface area contributed by atoms with Gasteiger partial charge in [0.25, 0.3) is 0 Å². The average molecular weight is 313 g/mol. The summed E-state index contributed by atoms with van der Waals surface area (Å²) < 4.78 is 0. The summed E-state index contributed by atoms with van der Waals surface area (Å²) >= 11 is 0. The summed E-state index contributed by atoms with van der Waals surface area (Å²) in [7, 11) is 0. The minimum absolute atomic E-state index is 0. The molecule has 3 saturated carbocycles. The van der Waals surface area contributed by atoms with Gasteiger partial charge in [-0.1, -0.05) is 65.2 Å². The van der Waals surface area contributed by atoms with Crippen LogP contribution in [0, 0.1) is 35.5 Å². The Hall–Kier alpha value is -0.0400. The summed E-state index contributed by atoms with van der Waals surface area (Å²) in [5.41, 5.74) is 0. The Morgan fingerprint density at radius 3 is 1.32 bits per heavy atom. The van der Waals surface area contributed by atoms with Crippen molar-refractivity contribution in [2.24, 2.45) is 35.5 Å². The Balaban J connectivity index is 0.00000176. The maximum atomic E-state index is 2.46. The van der Waals surface area contributed by atoms with Crippen molar-refractivity contribution in [3.8, 4) is 0 Å². The molecule has 0 heterocycles. The van der Waals surface area contributed by atoms with E-state index < -0.39 is 0 Å². The van der Waals surface area contributed by atoms with Gasteiger partial charge in [-0.05, 0) is 67.6 Å². The Bertz CT molecular complexity index is 299. The largest absolute Gasteiger partial charge is 0.412 e. The first-order chi connectivity index (χ1) is 10.2. The normalized spacial score (nSPS) is 43.4. The molecule has 3 aliphatic carbocycles. The van der Waals surface area contributed by atoms with Crippen molar-refractivity contribution in [3.63, 3.8) is 0 Å². The van der Waals surface area contributed by atoms with Gasteiger partial charge in [-0.3, -0.25) is 0 Å². The molecule has 1 heteroatoms. The molecule has 134 valence electrons. The zero-order valence-corrected chi connectivity index (χ0v) is 15.2.